The first-order chi connectivity index (χ1) is 13.4. The molecule has 1 atom stereocenters. The van der Waals surface area contributed by atoms with Crippen molar-refractivity contribution in [1.29, 1.82) is 0 Å². The number of halogens is 2. The van der Waals surface area contributed by atoms with Gasteiger partial charge < -0.3 is 24.2 Å². The van der Waals surface area contributed by atoms with E-state index in [-0.39, 0.29) is 11.9 Å². The van der Waals surface area contributed by atoms with Crippen LogP contribution in [0.15, 0.2) is 33.8 Å². The van der Waals surface area contributed by atoms with Crippen LogP contribution in [0.2, 0.25) is 0 Å². The number of hydrogen-bond donors (Lipinski definition) is 1. The third-order valence-corrected chi connectivity index (χ3v) is 3.80. The molecule has 2 rings (SSSR count). The van der Waals surface area contributed by atoms with Crippen LogP contribution in [-0.2, 0) is 17.8 Å². The van der Waals surface area contributed by atoms with E-state index in [1.165, 1.54) is 12.1 Å². The largest absolute Gasteiger partial charge is 0.435 e. The van der Waals surface area contributed by atoms with Gasteiger partial charge in [0.1, 0.15) is 11.9 Å². The predicted octanol–water partition coefficient (Wildman–Crippen LogP) is 2.98. The van der Waals surface area contributed by atoms with Gasteiger partial charge in [-0.1, -0.05) is 17.3 Å². The number of benzene rings is 1. The molecular formula is C18H25F2N5O3. The van der Waals surface area contributed by atoms with Gasteiger partial charge in [-0.05, 0) is 31.5 Å². The van der Waals surface area contributed by atoms with Crippen LogP contribution >= 0.6 is 0 Å². The molecule has 0 bridgehead atoms. The number of aromatic nitrogens is 2. The summed E-state index contributed by atoms with van der Waals surface area (Å²) < 4.78 is 39.4. The zero-order chi connectivity index (χ0) is 20.5. The van der Waals surface area contributed by atoms with Crippen molar-refractivity contribution in [3.8, 4) is 5.75 Å². The van der Waals surface area contributed by atoms with Crippen LogP contribution in [0.25, 0.3) is 0 Å². The second-order valence-corrected chi connectivity index (χ2v) is 5.92. The van der Waals surface area contributed by atoms with Crippen LogP contribution in [0.1, 0.15) is 37.2 Å². The summed E-state index contributed by atoms with van der Waals surface area (Å²) in [5, 5.41) is 7.05. The average molecular weight is 397 g/mol. The van der Waals surface area contributed by atoms with Crippen LogP contribution in [0.5, 0.6) is 5.75 Å². The van der Waals surface area contributed by atoms with E-state index in [2.05, 4.69) is 25.2 Å². The van der Waals surface area contributed by atoms with E-state index in [0.29, 0.717) is 37.4 Å². The van der Waals surface area contributed by atoms with E-state index in [1.807, 2.05) is 25.8 Å². The smallest absolute Gasteiger partial charge is 0.387 e. The molecular weight excluding hydrogens is 372 g/mol. The van der Waals surface area contributed by atoms with E-state index in [0.717, 1.165) is 5.56 Å². The van der Waals surface area contributed by atoms with E-state index >= 15 is 0 Å². The molecule has 0 aliphatic rings. The normalized spacial score (nSPS) is 12.9. The molecule has 2 aromatic rings. The van der Waals surface area contributed by atoms with Gasteiger partial charge in [0.25, 0.3) is 0 Å². The summed E-state index contributed by atoms with van der Waals surface area (Å²) in [6.45, 7) is 2.32. The molecule has 0 radical (unpaired) electrons. The van der Waals surface area contributed by atoms with Crippen LogP contribution < -0.4 is 10.1 Å². The Bertz CT molecular complexity index is 752. The molecule has 1 aromatic carbocycles. The molecule has 0 aliphatic carbocycles. The predicted molar refractivity (Wildman–Crippen MR) is 99.1 cm³/mol. The molecule has 0 amide bonds. The highest BCUT2D eigenvalue weighted by atomic mass is 19.3. The van der Waals surface area contributed by atoms with E-state index in [9.17, 15) is 8.78 Å². The van der Waals surface area contributed by atoms with Gasteiger partial charge in [-0.25, -0.2) is 0 Å². The number of guanidine groups is 1. The Morgan fingerprint density at radius 3 is 2.64 bits per heavy atom. The lowest BCUT2D eigenvalue weighted by Crippen LogP contribution is -2.38. The van der Waals surface area contributed by atoms with Crippen molar-refractivity contribution in [3.63, 3.8) is 0 Å². The van der Waals surface area contributed by atoms with E-state index in [1.54, 1.807) is 19.2 Å². The average Bonchev–Trinajstić information content (AvgIpc) is 3.13. The van der Waals surface area contributed by atoms with Crippen molar-refractivity contribution in [2.75, 3.05) is 20.7 Å². The number of rotatable bonds is 9. The SMILES string of the molecule is CCOC(C)c1noc(CNC(=NC)N(C)Cc2ccc(OC(F)F)cc2)n1. The number of ether oxygens (including phenoxy) is 2. The fraction of sp³-hybridized carbons (Fsp3) is 0.500. The summed E-state index contributed by atoms with van der Waals surface area (Å²) in [6.07, 6.45) is -0.235. The minimum atomic E-state index is -2.83. The van der Waals surface area contributed by atoms with Crippen LogP contribution in [-0.4, -0.2) is 48.3 Å². The molecule has 154 valence electrons. The van der Waals surface area contributed by atoms with Crippen LogP contribution in [0.4, 0.5) is 8.78 Å². The fourth-order valence-corrected chi connectivity index (χ4v) is 2.49. The number of nitrogens with one attached hydrogen (secondary N) is 1. The van der Waals surface area contributed by atoms with Crippen LogP contribution in [0, 0.1) is 0 Å². The van der Waals surface area contributed by atoms with Crippen molar-refractivity contribution < 1.29 is 22.8 Å². The Morgan fingerprint density at radius 2 is 2.04 bits per heavy atom. The lowest BCUT2D eigenvalue weighted by Gasteiger charge is -2.21. The van der Waals surface area contributed by atoms with Gasteiger partial charge in [0.05, 0.1) is 6.54 Å². The maximum Gasteiger partial charge on any atom is 0.387 e. The first-order valence-electron chi connectivity index (χ1n) is 8.82. The van der Waals surface area contributed by atoms with Gasteiger partial charge in [-0.3, -0.25) is 4.99 Å². The zero-order valence-corrected chi connectivity index (χ0v) is 16.4. The van der Waals surface area contributed by atoms with Crippen molar-refractivity contribution >= 4 is 5.96 Å². The third kappa shape index (κ3) is 6.45. The molecule has 0 fully saturated rings. The van der Waals surface area contributed by atoms with Crippen molar-refractivity contribution in [1.82, 2.24) is 20.4 Å². The molecule has 1 aromatic heterocycles. The molecule has 28 heavy (non-hydrogen) atoms. The van der Waals surface area contributed by atoms with Gasteiger partial charge in [-0.15, -0.1) is 0 Å². The molecule has 0 saturated carbocycles. The van der Waals surface area contributed by atoms with Gasteiger partial charge in [0, 0.05) is 27.2 Å². The summed E-state index contributed by atoms with van der Waals surface area (Å²) in [4.78, 5) is 10.4. The number of aliphatic imine (C=N–C) groups is 1. The lowest BCUT2D eigenvalue weighted by molar-refractivity contribution is -0.0498. The summed E-state index contributed by atoms with van der Waals surface area (Å²) in [6, 6.07) is 6.46. The standard InChI is InChI=1S/C18H25F2N5O3/c1-5-26-12(2)16-23-15(28-24-16)10-22-18(21-3)25(4)11-13-6-8-14(9-7-13)27-17(19)20/h6-9,12,17H,5,10-11H2,1-4H3,(H,21,22). The van der Waals surface area contributed by atoms with Crippen molar-refractivity contribution in [2.45, 2.75) is 39.7 Å². The summed E-state index contributed by atoms with van der Waals surface area (Å²) in [5.41, 5.74) is 0.915. The van der Waals surface area contributed by atoms with E-state index in [4.69, 9.17) is 9.26 Å². The Hall–Kier alpha value is -2.75. The first-order valence-corrected chi connectivity index (χ1v) is 8.82. The summed E-state index contributed by atoms with van der Waals surface area (Å²) in [5.74, 6) is 1.65. The third-order valence-electron chi connectivity index (χ3n) is 3.80. The lowest BCUT2D eigenvalue weighted by atomic mass is 10.2. The van der Waals surface area contributed by atoms with Gasteiger partial charge in [-0.2, -0.15) is 13.8 Å². The maximum absolute atomic E-state index is 12.2. The zero-order valence-electron chi connectivity index (χ0n) is 16.4. The molecule has 1 unspecified atom stereocenters. The summed E-state index contributed by atoms with van der Waals surface area (Å²) >= 11 is 0. The highest BCUT2D eigenvalue weighted by Gasteiger charge is 2.15. The highest BCUT2D eigenvalue weighted by molar-refractivity contribution is 5.79. The van der Waals surface area contributed by atoms with Crippen molar-refractivity contribution in [2.24, 2.45) is 4.99 Å². The topological polar surface area (TPSA) is 85.0 Å². The number of hydrogen-bond acceptors (Lipinski definition) is 6. The quantitative estimate of drug-likeness (QED) is 0.514. The minimum absolute atomic E-state index is 0.123. The van der Waals surface area contributed by atoms with Crippen molar-refractivity contribution in [3.05, 3.63) is 41.5 Å². The molecule has 1 heterocycles. The Kier molecular flexibility index (Phi) is 8.12. The molecule has 0 saturated heterocycles. The second-order valence-electron chi connectivity index (χ2n) is 5.92. The Labute approximate surface area is 162 Å². The Morgan fingerprint density at radius 1 is 1.32 bits per heavy atom. The molecule has 10 heteroatoms. The van der Waals surface area contributed by atoms with Crippen LogP contribution in [0.3, 0.4) is 0 Å². The van der Waals surface area contributed by atoms with E-state index < -0.39 is 6.61 Å². The molecule has 1 N–H and O–H groups in total. The number of alkyl halides is 2. The molecule has 0 aliphatic heterocycles. The Balaban J connectivity index is 1.89. The highest BCUT2D eigenvalue weighted by Crippen LogP contribution is 2.16. The van der Waals surface area contributed by atoms with Gasteiger partial charge in [0.15, 0.2) is 11.8 Å². The molecule has 0 spiro atoms. The number of nitrogens with zero attached hydrogens (tertiary/aromatic N) is 4. The fourth-order valence-electron chi connectivity index (χ4n) is 2.49. The minimum Gasteiger partial charge on any atom is -0.435 e. The van der Waals surface area contributed by atoms with Gasteiger partial charge in [0.2, 0.25) is 5.89 Å². The monoisotopic (exact) mass is 397 g/mol. The summed E-state index contributed by atoms with van der Waals surface area (Å²) in [7, 11) is 3.52. The second kappa shape index (κ2) is 10.5. The first kappa shape index (κ1) is 21.5. The maximum atomic E-state index is 12.2. The van der Waals surface area contributed by atoms with Gasteiger partial charge >= 0.3 is 6.61 Å². The molecule has 8 nitrogen and oxygen atoms in total.